The first-order chi connectivity index (χ1) is 8.29. The maximum absolute atomic E-state index is 5.68. The number of rotatable bonds is 5. The monoisotopic (exact) mass is 294 g/mol. The van der Waals surface area contributed by atoms with Crippen molar-refractivity contribution in [1.82, 2.24) is 9.78 Å². The van der Waals surface area contributed by atoms with Crippen LogP contribution in [0.25, 0.3) is 0 Å². The van der Waals surface area contributed by atoms with Gasteiger partial charge in [0.1, 0.15) is 5.75 Å². The number of nitrogens with zero attached hydrogens (tertiary/aromatic N) is 2. The van der Waals surface area contributed by atoms with E-state index in [0.717, 1.165) is 17.5 Å². The van der Waals surface area contributed by atoms with Gasteiger partial charge < -0.3 is 4.74 Å². The zero-order valence-electron chi connectivity index (χ0n) is 9.77. The molecule has 0 aliphatic carbocycles. The molecule has 1 aromatic heterocycles. The van der Waals surface area contributed by atoms with E-state index in [1.54, 1.807) is 6.20 Å². The van der Waals surface area contributed by atoms with Crippen LogP contribution >= 0.6 is 15.9 Å². The third-order valence-electron chi connectivity index (χ3n) is 2.63. The molecule has 0 spiro atoms. The number of alkyl halides is 1. The van der Waals surface area contributed by atoms with Crippen LogP contribution in [0.2, 0.25) is 0 Å². The summed E-state index contributed by atoms with van der Waals surface area (Å²) in [6, 6.07) is 10.1. The van der Waals surface area contributed by atoms with E-state index in [1.807, 2.05) is 29.9 Å². The van der Waals surface area contributed by atoms with Crippen LogP contribution in [0.15, 0.2) is 36.5 Å². The minimum atomic E-state index is 0.674. The Morgan fingerprint density at radius 1 is 1.24 bits per heavy atom. The van der Waals surface area contributed by atoms with Crippen molar-refractivity contribution in [2.24, 2.45) is 7.05 Å². The molecule has 0 aliphatic rings. The van der Waals surface area contributed by atoms with Crippen LogP contribution < -0.4 is 4.74 Å². The Hall–Kier alpha value is -1.29. The number of benzene rings is 1. The lowest BCUT2D eigenvalue weighted by molar-refractivity contribution is 0.318. The summed E-state index contributed by atoms with van der Waals surface area (Å²) in [4.78, 5) is 0. The van der Waals surface area contributed by atoms with Crippen molar-refractivity contribution in [1.29, 1.82) is 0 Å². The predicted molar refractivity (Wildman–Crippen MR) is 71.5 cm³/mol. The first-order valence-corrected chi connectivity index (χ1v) is 6.66. The summed E-state index contributed by atoms with van der Waals surface area (Å²) in [7, 11) is 1.94. The molecule has 0 unspecified atom stereocenters. The molecular formula is C13H15BrN2O. The second-order valence-corrected chi connectivity index (χ2v) is 4.38. The van der Waals surface area contributed by atoms with Crippen LogP contribution in [0, 0.1) is 0 Å². The van der Waals surface area contributed by atoms with Crippen molar-refractivity contribution in [2.75, 3.05) is 6.61 Å². The van der Waals surface area contributed by atoms with Crippen LogP contribution in [0.5, 0.6) is 5.75 Å². The molecule has 0 saturated carbocycles. The standard InChI is InChI=1S/C13H15BrN2O/c1-16-12(6-8-15-16)7-9-17-13-4-2-11(10-14)3-5-13/h2-6,8H,7,9-10H2,1H3. The molecule has 17 heavy (non-hydrogen) atoms. The van der Waals surface area contributed by atoms with E-state index in [-0.39, 0.29) is 0 Å². The summed E-state index contributed by atoms with van der Waals surface area (Å²) >= 11 is 3.42. The van der Waals surface area contributed by atoms with Crippen molar-refractivity contribution >= 4 is 15.9 Å². The number of ether oxygens (including phenoxy) is 1. The van der Waals surface area contributed by atoms with Gasteiger partial charge in [0.2, 0.25) is 0 Å². The quantitative estimate of drug-likeness (QED) is 0.793. The number of halogens is 1. The van der Waals surface area contributed by atoms with Crippen molar-refractivity contribution < 1.29 is 4.74 Å². The summed E-state index contributed by atoms with van der Waals surface area (Å²) in [5, 5.41) is 5.00. The Labute approximate surface area is 110 Å². The summed E-state index contributed by atoms with van der Waals surface area (Å²) in [6.07, 6.45) is 2.68. The number of aryl methyl sites for hydroxylation is 1. The van der Waals surface area contributed by atoms with Gasteiger partial charge in [0.05, 0.1) is 6.61 Å². The van der Waals surface area contributed by atoms with E-state index in [9.17, 15) is 0 Å². The lowest BCUT2D eigenvalue weighted by Crippen LogP contribution is -2.05. The van der Waals surface area contributed by atoms with E-state index >= 15 is 0 Å². The van der Waals surface area contributed by atoms with Gasteiger partial charge in [-0.15, -0.1) is 0 Å². The highest BCUT2D eigenvalue weighted by Crippen LogP contribution is 2.14. The molecule has 0 amide bonds. The van der Waals surface area contributed by atoms with Crippen LogP contribution in [-0.4, -0.2) is 16.4 Å². The van der Waals surface area contributed by atoms with Crippen molar-refractivity contribution in [3.8, 4) is 5.75 Å². The van der Waals surface area contributed by atoms with E-state index in [2.05, 4.69) is 33.2 Å². The molecule has 1 heterocycles. The molecule has 1 aromatic carbocycles. The normalized spacial score (nSPS) is 10.5. The van der Waals surface area contributed by atoms with Crippen molar-refractivity contribution in [3.05, 3.63) is 47.8 Å². The fourth-order valence-electron chi connectivity index (χ4n) is 1.59. The molecule has 90 valence electrons. The first kappa shape index (κ1) is 12.2. The highest BCUT2D eigenvalue weighted by molar-refractivity contribution is 9.08. The van der Waals surface area contributed by atoms with E-state index in [1.165, 1.54) is 11.3 Å². The van der Waals surface area contributed by atoms with Gasteiger partial charge in [-0.25, -0.2) is 0 Å². The minimum absolute atomic E-state index is 0.674. The van der Waals surface area contributed by atoms with Gasteiger partial charge in [-0.2, -0.15) is 5.10 Å². The van der Waals surface area contributed by atoms with Gasteiger partial charge in [0.25, 0.3) is 0 Å². The number of hydrogen-bond acceptors (Lipinski definition) is 2. The topological polar surface area (TPSA) is 27.1 Å². The highest BCUT2D eigenvalue weighted by atomic mass is 79.9. The Morgan fingerprint density at radius 2 is 2.00 bits per heavy atom. The molecule has 0 fully saturated rings. The molecule has 0 radical (unpaired) electrons. The van der Waals surface area contributed by atoms with Crippen LogP contribution in [0.1, 0.15) is 11.3 Å². The summed E-state index contributed by atoms with van der Waals surface area (Å²) < 4.78 is 7.55. The fraction of sp³-hybridized carbons (Fsp3) is 0.308. The van der Waals surface area contributed by atoms with Gasteiger partial charge >= 0.3 is 0 Å². The Bertz CT molecular complexity index is 465. The largest absolute Gasteiger partial charge is 0.493 e. The Morgan fingerprint density at radius 3 is 2.59 bits per heavy atom. The van der Waals surface area contributed by atoms with Crippen molar-refractivity contribution in [3.63, 3.8) is 0 Å². The molecular weight excluding hydrogens is 280 g/mol. The lowest BCUT2D eigenvalue weighted by atomic mass is 10.2. The molecule has 0 aliphatic heterocycles. The molecule has 0 saturated heterocycles. The smallest absolute Gasteiger partial charge is 0.119 e. The van der Waals surface area contributed by atoms with Gasteiger partial charge in [0.15, 0.2) is 0 Å². The molecule has 0 N–H and O–H groups in total. The molecule has 3 nitrogen and oxygen atoms in total. The van der Waals surface area contributed by atoms with Crippen molar-refractivity contribution in [2.45, 2.75) is 11.8 Å². The van der Waals surface area contributed by atoms with E-state index < -0.39 is 0 Å². The van der Waals surface area contributed by atoms with Gasteiger partial charge in [-0.1, -0.05) is 28.1 Å². The van der Waals surface area contributed by atoms with Gasteiger partial charge in [-0.05, 0) is 23.8 Å². The SMILES string of the molecule is Cn1nccc1CCOc1ccc(CBr)cc1. The summed E-state index contributed by atoms with van der Waals surface area (Å²) in [5.41, 5.74) is 2.44. The second kappa shape index (κ2) is 5.87. The Balaban J connectivity index is 1.83. The molecule has 2 rings (SSSR count). The molecule has 0 bridgehead atoms. The minimum Gasteiger partial charge on any atom is -0.493 e. The van der Waals surface area contributed by atoms with Crippen LogP contribution in [0.4, 0.5) is 0 Å². The predicted octanol–water partition coefficient (Wildman–Crippen LogP) is 2.94. The maximum atomic E-state index is 5.68. The maximum Gasteiger partial charge on any atom is 0.119 e. The molecule has 4 heteroatoms. The molecule has 0 atom stereocenters. The lowest BCUT2D eigenvalue weighted by Gasteiger charge is -2.06. The van der Waals surface area contributed by atoms with E-state index in [4.69, 9.17) is 4.74 Å². The van der Waals surface area contributed by atoms with Gasteiger partial charge in [0, 0.05) is 30.7 Å². The average Bonchev–Trinajstić information content (AvgIpc) is 2.76. The summed E-state index contributed by atoms with van der Waals surface area (Å²) in [6.45, 7) is 0.674. The van der Waals surface area contributed by atoms with E-state index in [0.29, 0.717) is 6.61 Å². The van der Waals surface area contributed by atoms with Crippen LogP contribution in [0.3, 0.4) is 0 Å². The van der Waals surface area contributed by atoms with Gasteiger partial charge in [-0.3, -0.25) is 4.68 Å². The number of aromatic nitrogens is 2. The van der Waals surface area contributed by atoms with Crippen LogP contribution in [-0.2, 0) is 18.8 Å². The highest BCUT2D eigenvalue weighted by Gasteiger charge is 1.99. The second-order valence-electron chi connectivity index (χ2n) is 3.82. The number of hydrogen-bond donors (Lipinski definition) is 0. The Kier molecular flexibility index (Phi) is 4.20. The third-order valence-corrected chi connectivity index (χ3v) is 3.27. The zero-order chi connectivity index (χ0) is 12.1. The summed E-state index contributed by atoms with van der Waals surface area (Å²) in [5.74, 6) is 0.914. The fourth-order valence-corrected chi connectivity index (χ4v) is 1.97. The zero-order valence-corrected chi connectivity index (χ0v) is 11.4. The molecule has 2 aromatic rings. The average molecular weight is 295 g/mol. The third kappa shape index (κ3) is 3.33. The first-order valence-electron chi connectivity index (χ1n) is 5.54.